The third-order valence-electron chi connectivity index (χ3n) is 2.70. The second-order valence-electron chi connectivity index (χ2n) is 3.86. The summed E-state index contributed by atoms with van der Waals surface area (Å²) in [6, 6.07) is 11.2. The van der Waals surface area contributed by atoms with Crippen molar-refractivity contribution in [3.05, 3.63) is 42.0 Å². The predicted octanol–water partition coefficient (Wildman–Crippen LogP) is 2.79. The molecule has 0 aromatic heterocycles. The highest BCUT2D eigenvalue weighted by Gasteiger charge is 2.08. The average molecular weight is 245 g/mol. The summed E-state index contributed by atoms with van der Waals surface area (Å²) in [6.45, 7) is 2.31. The van der Waals surface area contributed by atoms with Crippen LogP contribution in [0, 0.1) is 0 Å². The van der Waals surface area contributed by atoms with Crippen LogP contribution in [-0.4, -0.2) is 17.8 Å². The van der Waals surface area contributed by atoms with Crippen molar-refractivity contribution in [1.29, 1.82) is 0 Å². The number of amides is 1. The van der Waals surface area contributed by atoms with E-state index in [0.29, 0.717) is 12.2 Å². The molecule has 0 aliphatic rings. The molecule has 2 aromatic rings. The maximum atomic E-state index is 11.2. The van der Waals surface area contributed by atoms with Gasteiger partial charge in [-0.25, -0.2) is 4.79 Å². The van der Waals surface area contributed by atoms with Crippen LogP contribution in [0.5, 0.6) is 5.75 Å². The Morgan fingerprint density at radius 2 is 2.06 bits per heavy atom. The van der Waals surface area contributed by atoms with Gasteiger partial charge in [0.1, 0.15) is 5.75 Å². The fourth-order valence-electron chi connectivity index (χ4n) is 1.85. The van der Waals surface area contributed by atoms with Gasteiger partial charge in [0.25, 0.3) is 0 Å². The van der Waals surface area contributed by atoms with Crippen LogP contribution in [0.15, 0.2) is 36.4 Å². The van der Waals surface area contributed by atoms with Gasteiger partial charge in [0.05, 0.1) is 13.2 Å². The number of alkyl carbamates (subject to hydrolysis) is 1. The van der Waals surface area contributed by atoms with Gasteiger partial charge in [-0.3, -0.25) is 0 Å². The first-order valence-electron chi connectivity index (χ1n) is 5.82. The van der Waals surface area contributed by atoms with Gasteiger partial charge in [-0.15, -0.1) is 0 Å². The lowest BCUT2D eigenvalue weighted by molar-refractivity contribution is 0.151. The van der Waals surface area contributed by atoms with Crippen LogP contribution in [0.25, 0.3) is 10.8 Å². The van der Waals surface area contributed by atoms with E-state index in [1.165, 1.54) is 0 Å². The molecule has 2 aromatic carbocycles. The Morgan fingerprint density at radius 1 is 1.28 bits per heavy atom. The third kappa shape index (κ3) is 2.53. The number of aromatic hydroxyl groups is 1. The van der Waals surface area contributed by atoms with Crippen molar-refractivity contribution in [2.75, 3.05) is 6.61 Å². The van der Waals surface area contributed by atoms with Gasteiger partial charge in [0, 0.05) is 5.56 Å². The third-order valence-corrected chi connectivity index (χ3v) is 2.70. The molecule has 0 bridgehead atoms. The zero-order chi connectivity index (χ0) is 13.0. The number of fused-ring (bicyclic) bond motifs is 1. The van der Waals surface area contributed by atoms with Crippen molar-refractivity contribution < 1.29 is 14.6 Å². The molecular formula is C14H15NO3. The number of phenols is 1. The minimum Gasteiger partial charge on any atom is -0.508 e. The molecule has 0 unspecified atom stereocenters. The SMILES string of the molecule is CCOC(=O)NCc1c(O)ccc2ccccc12. The Labute approximate surface area is 105 Å². The van der Waals surface area contributed by atoms with Crippen LogP contribution in [0.3, 0.4) is 0 Å². The van der Waals surface area contributed by atoms with Crippen LogP contribution in [0.4, 0.5) is 4.79 Å². The van der Waals surface area contributed by atoms with Gasteiger partial charge in [-0.05, 0) is 23.8 Å². The smallest absolute Gasteiger partial charge is 0.407 e. The van der Waals surface area contributed by atoms with Crippen molar-refractivity contribution >= 4 is 16.9 Å². The van der Waals surface area contributed by atoms with Crippen molar-refractivity contribution in [3.8, 4) is 5.75 Å². The molecule has 2 N–H and O–H groups in total. The van der Waals surface area contributed by atoms with Gasteiger partial charge < -0.3 is 15.2 Å². The van der Waals surface area contributed by atoms with E-state index in [0.717, 1.165) is 10.8 Å². The number of hydrogen-bond acceptors (Lipinski definition) is 3. The minimum atomic E-state index is -0.482. The number of ether oxygens (including phenoxy) is 1. The second kappa shape index (κ2) is 5.40. The summed E-state index contributed by atoms with van der Waals surface area (Å²) in [5.41, 5.74) is 0.696. The Hall–Kier alpha value is -2.23. The normalized spacial score (nSPS) is 10.3. The number of hydrogen-bond donors (Lipinski definition) is 2. The lowest BCUT2D eigenvalue weighted by Gasteiger charge is -2.10. The van der Waals surface area contributed by atoms with Crippen LogP contribution in [0.2, 0.25) is 0 Å². The van der Waals surface area contributed by atoms with Gasteiger partial charge in [-0.1, -0.05) is 30.3 Å². The zero-order valence-electron chi connectivity index (χ0n) is 10.1. The van der Waals surface area contributed by atoms with E-state index in [1.54, 1.807) is 13.0 Å². The molecule has 4 nitrogen and oxygen atoms in total. The summed E-state index contributed by atoms with van der Waals surface area (Å²) >= 11 is 0. The van der Waals surface area contributed by atoms with E-state index in [1.807, 2.05) is 30.3 Å². The molecule has 0 radical (unpaired) electrons. The number of benzene rings is 2. The van der Waals surface area contributed by atoms with Crippen molar-refractivity contribution in [2.24, 2.45) is 0 Å². The van der Waals surface area contributed by atoms with E-state index in [-0.39, 0.29) is 12.3 Å². The highest BCUT2D eigenvalue weighted by molar-refractivity contribution is 5.87. The second-order valence-corrected chi connectivity index (χ2v) is 3.86. The topological polar surface area (TPSA) is 58.6 Å². The van der Waals surface area contributed by atoms with E-state index in [9.17, 15) is 9.90 Å². The molecule has 0 atom stereocenters. The van der Waals surface area contributed by atoms with Gasteiger partial charge in [-0.2, -0.15) is 0 Å². The van der Waals surface area contributed by atoms with Crippen LogP contribution in [0.1, 0.15) is 12.5 Å². The highest BCUT2D eigenvalue weighted by atomic mass is 16.5. The summed E-state index contributed by atoms with van der Waals surface area (Å²) in [7, 11) is 0. The maximum absolute atomic E-state index is 11.2. The highest BCUT2D eigenvalue weighted by Crippen LogP contribution is 2.26. The molecule has 4 heteroatoms. The van der Waals surface area contributed by atoms with Gasteiger partial charge in [0.2, 0.25) is 0 Å². The monoisotopic (exact) mass is 245 g/mol. The van der Waals surface area contributed by atoms with E-state index >= 15 is 0 Å². The quantitative estimate of drug-likeness (QED) is 0.874. The minimum absolute atomic E-state index is 0.172. The fourth-order valence-corrected chi connectivity index (χ4v) is 1.85. The predicted molar refractivity (Wildman–Crippen MR) is 69.5 cm³/mol. The molecule has 0 spiro atoms. The number of rotatable bonds is 3. The van der Waals surface area contributed by atoms with Crippen LogP contribution < -0.4 is 5.32 Å². The fraction of sp³-hybridized carbons (Fsp3) is 0.214. The molecule has 0 saturated heterocycles. The van der Waals surface area contributed by atoms with Crippen molar-refractivity contribution in [3.63, 3.8) is 0 Å². The first-order chi connectivity index (χ1) is 8.72. The molecule has 18 heavy (non-hydrogen) atoms. The Kier molecular flexibility index (Phi) is 3.67. The molecular weight excluding hydrogens is 230 g/mol. The van der Waals surface area contributed by atoms with E-state index in [4.69, 9.17) is 4.74 Å². The first-order valence-corrected chi connectivity index (χ1v) is 5.82. The zero-order valence-corrected chi connectivity index (χ0v) is 10.1. The number of carbonyl (C=O) groups excluding carboxylic acids is 1. The van der Waals surface area contributed by atoms with Crippen LogP contribution >= 0.6 is 0 Å². The summed E-state index contributed by atoms with van der Waals surface area (Å²) in [4.78, 5) is 11.2. The first kappa shape index (κ1) is 12.2. The summed E-state index contributed by atoms with van der Waals surface area (Å²) in [5, 5.41) is 14.4. The molecule has 0 fully saturated rings. The largest absolute Gasteiger partial charge is 0.508 e. The van der Waals surface area contributed by atoms with E-state index < -0.39 is 6.09 Å². The van der Waals surface area contributed by atoms with Crippen molar-refractivity contribution in [1.82, 2.24) is 5.32 Å². The lowest BCUT2D eigenvalue weighted by Crippen LogP contribution is -2.23. The van der Waals surface area contributed by atoms with Crippen molar-refractivity contribution in [2.45, 2.75) is 13.5 Å². The standard InChI is InChI=1S/C14H15NO3/c1-2-18-14(17)15-9-12-11-6-4-3-5-10(11)7-8-13(12)16/h3-8,16H,2,9H2,1H3,(H,15,17). The molecule has 2 rings (SSSR count). The molecule has 94 valence electrons. The number of phenolic OH excluding ortho intramolecular Hbond substituents is 1. The molecule has 0 aliphatic carbocycles. The Balaban J connectivity index is 2.26. The Morgan fingerprint density at radius 3 is 2.83 bits per heavy atom. The van der Waals surface area contributed by atoms with Crippen LogP contribution in [-0.2, 0) is 11.3 Å². The van der Waals surface area contributed by atoms with Gasteiger partial charge >= 0.3 is 6.09 Å². The molecule has 1 amide bonds. The average Bonchev–Trinajstić information content (AvgIpc) is 2.38. The van der Waals surface area contributed by atoms with E-state index in [2.05, 4.69) is 5.32 Å². The summed E-state index contributed by atoms with van der Waals surface area (Å²) < 4.78 is 4.78. The summed E-state index contributed by atoms with van der Waals surface area (Å²) in [5.74, 6) is 0.172. The number of carbonyl (C=O) groups is 1. The molecule has 0 saturated carbocycles. The van der Waals surface area contributed by atoms with Gasteiger partial charge in [0.15, 0.2) is 0 Å². The lowest BCUT2D eigenvalue weighted by atomic mass is 10.0. The summed E-state index contributed by atoms with van der Waals surface area (Å²) in [6.07, 6.45) is -0.482. The molecule has 0 aliphatic heterocycles. The Bertz CT molecular complexity index is 566. The molecule has 0 heterocycles. The maximum Gasteiger partial charge on any atom is 0.407 e. The number of nitrogens with one attached hydrogen (secondary N) is 1.